The van der Waals surface area contributed by atoms with Crippen molar-refractivity contribution in [3.63, 3.8) is 0 Å². The van der Waals surface area contributed by atoms with Crippen LogP contribution in [-0.2, 0) is 10.0 Å². The summed E-state index contributed by atoms with van der Waals surface area (Å²) in [5.41, 5.74) is -0.180. The summed E-state index contributed by atoms with van der Waals surface area (Å²) in [4.78, 5) is 11.1. The standard InChI is InChI=1S/C6H7N3O4S/c7-8-14(12,13)6-3-1-5(2-4-6)9(10)11/h1-4,8H,7H2. The Balaban J connectivity index is 3.12. The van der Waals surface area contributed by atoms with Gasteiger partial charge in [-0.3, -0.25) is 16.0 Å². The van der Waals surface area contributed by atoms with Crippen LogP contribution in [0.5, 0.6) is 0 Å². The summed E-state index contributed by atoms with van der Waals surface area (Å²) in [5.74, 6) is 4.76. The number of nitrogens with two attached hydrogens (primary N) is 1. The van der Waals surface area contributed by atoms with Gasteiger partial charge in [-0.15, -0.1) is 0 Å². The van der Waals surface area contributed by atoms with Crippen LogP contribution in [0.3, 0.4) is 0 Å². The van der Waals surface area contributed by atoms with E-state index in [9.17, 15) is 18.5 Å². The van der Waals surface area contributed by atoms with Gasteiger partial charge < -0.3 is 0 Å². The summed E-state index contributed by atoms with van der Waals surface area (Å²) in [6.45, 7) is 0. The predicted molar refractivity (Wildman–Crippen MR) is 47.6 cm³/mol. The lowest BCUT2D eigenvalue weighted by molar-refractivity contribution is -0.384. The highest BCUT2D eigenvalue weighted by Gasteiger charge is 2.13. The molecule has 0 radical (unpaired) electrons. The van der Waals surface area contributed by atoms with Gasteiger partial charge in [0, 0.05) is 12.1 Å². The summed E-state index contributed by atoms with van der Waals surface area (Å²) < 4.78 is 22.2. The smallest absolute Gasteiger partial charge is 0.258 e. The molecule has 0 spiro atoms. The van der Waals surface area contributed by atoms with Gasteiger partial charge in [-0.1, -0.05) is 0 Å². The monoisotopic (exact) mass is 217 g/mol. The molecule has 3 N–H and O–H groups in total. The highest BCUT2D eigenvalue weighted by Crippen LogP contribution is 2.14. The van der Waals surface area contributed by atoms with Gasteiger partial charge in [0.15, 0.2) is 0 Å². The van der Waals surface area contributed by atoms with E-state index in [0.29, 0.717) is 0 Å². The number of sulfonamides is 1. The Morgan fingerprint density at radius 3 is 2.14 bits per heavy atom. The summed E-state index contributed by atoms with van der Waals surface area (Å²) >= 11 is 0. The fourth-order valence-electron chi connectivity index (χ4n) is 0.815. The number of hydrogen-bond donors (Lipinski definition) is 2. The second-order valence-corrected chi connectivity index (χ2v) is 4.09. The van der Waals surface area contributed by atoms with Gasteiger partial charge in [0.1, 0.15) is 0 Å². The van der Waals surface area contributed by atoms with Crippen LogP contribution in [0, 0.1) is 10.1 Å². The molecule has 0 amide bonds. The molecule has 0 heterocycles. The molecule has 0 saturated heterocycles. The molecule has 0 aliphatic heterocycles. The first kappa shape index (κ1) is 10.6. The van der Waals surface area contributed by atoms with Crippen LogP contribution in [0.4, 0.5) is 5.69 Å². The van der Waals surface area contributed by atoms with Crippen molar-refractivity contribution in [2.75, 3.05) is 0 Å². The first-order valence-electron chi connectivity index (χ1n) is 3.44. The summed E-state index contributed by atoms with van der Waals surface area (Å²) in [5, 5.41) is 10.2. The lowest BCUT2D eigenvalue weighted by Crippen LogP contribution is -2.30. The van der Waals surface area contributed by atoms with Crippen LogP contribution in [0.15, 0.2) is 29.2 Å². The van der Waals surface area contributed by atoms with Crippen LogP contribution in [-0.4, -0.2) is 13.3 Å². The van der Waals surface area contributed by atoms with Crippen LogP contribution >= 0.6 is 0 Å². The second kappa shape index (κ2) is 3.70. The molecule has 0 unspecified atom stereocenters. The number of nitrogens with zero attached hydrogens (tertiary/aromatic N) is 1. The first-order valence-corrected chi connectivity index (χ1v) is 4.92. The normalized spacial score (nSPS) is 11.2. The highest BCUT2D eigenvalue weighted by molar-refractivity contribution is 7.89. The number of non-ortho nitro benzene ring substituents is 1. The van der Waals surface area contributed by atoms with E-state index in [0.717, 1.165) is 24.3 Å². The van der Waals surface area contributed by atoms with E-state index in [-0.39, 0.29) is 10.6 Å². The third-order valence-corrected chi connectivity index (χ3v) is 2.72. The summed E-state index contributed by atoms with van der Waals surface area (Å²) in [7, 11) is -3.74. The molecular weight excluding hydrogens is 210 g/mol. The number of hydrogen-bond acceptors (Lipinski definition) is 5. The topological polar surface area (TPSA) is 115 Å². The van der Waals surface area contributed by atoms with E-state index >= 15 is 0 Å². The maximum Gasteiger partial charge on any atom is 0.269 e. The van der Waals surface area contributed by atoms with E-state index in [1.54, 1.807) is 4.83 Å². The van der Waals surface area contributed by atoms with Gasteiger partial charge in [-0.05, 0) is 12.1 Å². The fraction of sp³-hybridized carbons (Fsp3) is 0. The van der Waals surface area contributed by atoms with E-state index < -0.39 is 14.9 Å². The van der Waals surface area contributed by atoms with Gasteiger partial charge in [0.2, 0.25) is 0 Å². The molecular formula is C6H7N3O4S. The van der Waals surface area contributed by atoms with E-state index in [1.807, 2.05) is 0 Å². The Hall–Kier alpha value is -1.51. The van der Waals surface area contributed by atoms with Crippen molar-refractivity contribution in [1.82, 2.24) is 4.83 Å². The van der Waals surface area contributed by atoms with Gasteiger partial charge in [0.25, 0.3) is 15.7 Å². The minimum Gasteiger partial charge on any atom is -0.258 e. The minimum atomic E-state index is -3.74. The van der Waals surface area contributed by atoms with Crippen molar-refractivity contribution in [2.24, 2.45) is 5.84 Å². The lowest BCUT2D eigenvalue weighted by atomic mass is 10.3. The molecule has 1 aromatic rings. The molecule has 0 aliphatic carbocycles. The van der Waals surface area contributed by atoms with Crippen LogP contribution in [0.2, 0.25) is 0 Å². The summed E-state index contributed by atoms with van der Waals surface area (Å²) in [6, 6.07) is 4.38. The molecule has 14 heavy (non-hydrogen) atoms. The number of hydrazine groups is 1. The third-order valence-electron chi connectivity index (χ3n) is 1.51. The molecule has 0 atom stereocenters. The molecule has 1 aromatic carbocycles. The molecule has 7 nitrogen and oxygen atoms in total. The largest absolute Gasteiger partial charge is 0.269 e. The Kier molecular flexibility index (Phi) is 2.79. The minimum absolute atomic E-state index is 0.120. The number of benzene rings is 1. The summed E-state index contributed by atoms with van der Waals surface area (Å²) in [6.07, 6.45) is 0. The van der Waals surface area contributed by atoms with Crippen LogP contribution < -0.4 is 10.7 Å². The fourth-order valence-corrected chi connectivity index (χ4v) is 1.45. The van der Waals surface area contributed by atoms with Crippen molar-refractivity contribution in [2.45, 2.75) is 4.90 Å². The number of rotatable bonds is 3. The molecule has 0 aliphatic rings. The van der Waals surface area contributed by atoms with Crippen LogP contribution in [0.25, 0.3) is 0 Å². The Morgan fingerprint density at radius 2 is 1.79 bits per heavy atom. The van der Waals surface area contributed by atoms with Gasteiger partial charge in [0.05, 0.1) is 9.82 Å². The SMILES string of the molecule is NNS(=O)(=O)c1ccc([N+](=O)[O-])cc1. The van der Waals surface area contributed by atoms with Crippen molar-refractivity contribution < 1.29 is 13.3 Å². The maximum absolute atomic E-state index is 11.1. The average molecular weight is 217 g/mol. The third kappa shape index (κ3) is 2.05. The number of nitrogens with one attached hydrogen (secondary N) is 1. The van der Waals surface area contributed by atoms with Gasteiger partial charge in [-0.2, -0.15) is 4.83 Å². The maximum atomic E-state index is 11.1. The van der Waals surface area contributed by atoms with Crippen molar-refractivity contribution in [1.29, 1.82) is 0 Å². The van der Waals surface area contributed by atoms with Crippen molar-refractivity contribution in [3.8, 4) is 0 Å². The zero-order valence-electron chi connectivity index (χ0n) is 6.88. The molecule has 0 bridgehead atoms. The Bertz CT molecular complexity index is 439. The first-order chi connectivity index (χ1) is 6.47. The van der Waals surface area contributed by atoms with Crippen molar-refractivity contribution >= 4 is 15.7 Å². The molecule has 0 saturated carbocycles. The van der Waals surface area contributed by atoms with Gasteiger partial charge in [-0.25, -0.2) is 8.42 Å². The van der Waals surface area contributed by atoms with Crippen molar-refractivity contribution in [3.05, 3.63) is 34.4 Å². The zero-order valence-corrected chi connectivity index (χ0v) is 7.69. The molecule has 0 fully saturated rings. The molecule has 1 rings (SSSR count). The second-order valence-electron chi connectivity index (χ2n) is 2.37. The van der Waals surface area contributed by atoms with E-state index in [2.05, 4.69) is 0 Å². The number of nitro benzene ring substituents is 1. The average Bonchev–Trinajstić information content (AvgIpc) is 2.18. The predicted octanol–water partition coefficient (Wildman–Crippen LogP) is -0.253. The molecule has 8 heteroatoms. The zero-order chi connectivity index (χ0) is 10.8. The highest BCUT2D eigenvalue weighted by atomic mass is 32.2. The molecule has 0 aromatic heterocycles. The molecule has 76 valence electrons. The Morgan fingerprint density at radius 1 is 1.29 bits per heavy atom. The lowest BCUT2D eigenvalue weighted by Gasteiger charge is -2.00. The van der Waals surface area contributed by atoms with E-state index in [1.165, 1.54) is 0 Å². The van der Waals surface area contributed by atoms with E-state index in [4.69, 9.17) is 5.84 Å². The van der Waals surface area contributed by atoms with Gasteiger partial charge >= 0.3 is 0 Å². The Labute approximate surface area is 79.7 Å². The quantitative estimate of drug-likeness (QED) is 0.411. The van der Waals surface area contributed by atoms with Crippen LogP contribution in [0.1, 0.15) is 0 Å². The number of nitro groups is 1.